The summed E-state index contributed by atoms with van der Waals surface area (Å²) in [5.41, 5.74) is 1.36. The largest absolute Gasteiger partial charge is 0.326 e. The van der Waals surface area contributed by atoms with Crippen LogP contribution in [0.15, 0.2) is 66.7 Å². The Morgan fingerprint density at radius 3 is 2.47 bits per heavy atom. The molecule has 4 aromatic rings. The van der Waals surface area contributed by atoms with Crippen LogP contribution in [0.2, 0.25) is 0 Å². The molecule has 1 aromatic heterocycles. The highest BCUT2D eigenvalue weighted by atomic mass is 32.1. The Balaban J connectivity index is 1.45. The van der Waals surface area contributed by atoms with E-state index in [1.807, 2.05) is 56.3 Å². The minimum atomic E-state index is -0.779. The smallest absolute Gasteiger partial charge is 0.319 e. The maximum absolute atomic E-state index is 13.2. The third-order valence-electron chi connectivity index (χ3n) is 5.57. The van der Waals surface area contributed by atoms with Crippen LogP contribution in [-0.4, -0.2) is 28.2 Å². The second-order valence-electron chi connectivity index (χ2n) is 7.90. The molecule has 2 atom stereocenters. The van der Waals surface area contributed by atoms with E-state index in [4.69, 9.17) is 0 Å². The molecule has 9 heteroatoms. The van der Waals surface area contributed by atoms with Gasteiger partial charge in [0.2, 0.25) is 11.0 Å². The molecule has 4 rings (SSSR count). The molecule has 3 N–H and O–H groups in total. The highest BCUT2D eigenvalue weighted by Crippen LogP contribution is 2.27. The number of aromatic nitrogens is 2. The van der Waals surface area contributed by atoms with Crippen molar-refractivity contribution >= 4 is 44.9 Å². The van der Waals surface area contributed by atoms with Crippen molar-refractivity contribution < 1.29 is 14.0 Å². The Morgan fingerprint density at radius 2 is 1.71 bits per heavy atom. The van der Waals surface area contributed by atoms with Crippen molar-refractivity contribution in [1.29, 1.82) is 0 Å². The summed E-state index contributed by atoms with van der Waals surface area (Å²) in [4.78, 5) is 25.8. The minimum absolute atomic E-state index is 0.122. The van der Waals surface area contributed by atoms with Gasteiger partial charge in [0, 0.05) is 10.9 Å². The SMILES string of the molecule is CCC(C)C(NC(=O)Nc1cccc2ccccc12)C(=O)Nc1nnc(-c2ccc(F)cc2)s1. The van der Waals surface area contributed by atoms with Gasteiger partial charge in [-0.05, 0) is 41.6 Å². The molecule has 0 radical (unpaired) electrons. The number of hydrogen-bond acceptors (Lipinski definition) is 5. The number of urea groups is 1. The molecule has 0 aliphatic carbocycles. The van der Waals surface area contributed by atoms with E-state index >= 15 is 0 Å². The van der Waals surface area contributed by atoms with Crippen LogP contribution in [0.4, 0.5) is 20.0 Å². The zero-order valence-corrected chi connectivity index (χ0v) is 19.5. The molecule has 7 nitrogen and oxygen atoms in total. The summed E-state index contributed by atoms with van der Waals surface area (Å²) in [6.45, 7) is 3.85. The van der Waals surface area contributed by atoms with Gasteiger partial charge in [-0.1, -0.05) is 68.0 Å². The highest BCUT2D eigenvalue weighted by molar-refractivity contribution is 7.18. The van der Waals surface area contributed by atoms with Crippen LogP contribution in [-0.2, 0) is 4.79 Å². The van der Waals surface area contributed by atoms with Crippen molar-refractivity contribution in [3.63, 3.8) is 0 Å². The molecule has 0 spiro atoms. The zero-order chi connectivity index (χ0) is 24.1. The summed E-state index contributed by atoms with van der Waals surface area (Å²) < 4.78 is 13.2. The van der Waals surface area contributed by atoms with Gasteiger partial charge < -0.3 is 10.6 Å². The van der Waals surface area contributed by atoms with Gasteiger partial charge in [0.25, 0.3) is 0 Å². The summed E-state index contributed by atoms with van der Waals surface area (Å²) in [6.07, 6.45) is 0.684. The van der Waals surface area contributed by atoms with Gasteiger partial charge in [0.05, 0.1) is 5.69 Å². The van der Waals surface area contributed by atoms with E-state index in [0.29, 0.717) is 27.8 Å². The number of hydrogen-bond donors (Lipinski definition) is 3. The lowest BCUT2D eigenvalue weighted by Crippen LogP contribution is -2.49. The van der Waals surface area contributed by atoms with Gasteiger partial charge >= 0.3 is 6.03 Å². The number of anilines is 2. The van der Waals surface area contributed by atoms with E-state index in [-0.39, 0.29) is 17.6 Å². The summed E-state index contributed by atoms with van der Waals surface area (Å²) in [6, 6.07) is 18.0. The number of carbonyl (C=O) groups is 2. The van der Waals surface area contributed by atoms with Gasteiger partial charge in [0.15, 0.2) is 0 Å². The van der Waals surface area contributed by atoms with Gasteiger partial charge in [-0.3, -0.25) is 10.1 Å². The zero-order valence-electron chi connectivity index (χ0n) is 18.7. The van der Waals surface area contributed by atoms with Gasteiger partial charge in [0.1, 0.15) is 16.9 Å². The minimum Gasteiger partial charge on any atom is -0.326 e. The van der Waals surface area contributed by atoms with Crippen molar-refractivity contribution in [2.24, 2.45) is 5.92 Å². The number of nitrogens with zero attached hydrogens (tertiary/aromatic N) is 2. The Hall–Kier alpha value is -3.85. The monoisotopic (exact) mass is 477 g/mol. The Bertz CT molecular complexity index is 1300. The van der Waals surface area contributed by atoms with Gasteiger partial charge in [-0.15, -0.1) is 10.2 Å². The molecule has 0 fully saturated rings. The van der Waals surface area contributed by atoms with Crippen LogP contribution in [0.3, 0.4) is 0 Å². The summed E-state index contributed by atoms with van der Waals surface area (Å²) in [7, 11) is 0. The molecule has 0 aliphatic heterocycles. The number of rotatable bonds is 7. The molecule has 3 amide bonds. The van der Waals surface area contributed by atoms with E-state index in [9.17, 15) is 14.0 Å². The second-order valence-corrected chi connectivity index (χ2v) is 8.87. The first kappa shape index (κ1) is 23.3. The number of amides is 3. The first-order valence-corrected chi connectivity index (χ1v) is 11.7. The number of fused-ring (bicyclic) bond motifs is 1. The fourth-order valence-corrected chi connectivity index (χ4v) is 4.25. The first-order valence-electron chi connectivity index (χ1n) is 10.9. The van der Waals surface area contributed by atoms with E-state index in [2.05, 4.69) is 26.1 Å². The molecule has 174 valence electrons. The first-order chi connectivity index (χ1) is 16.4. The molecule has 0 saturated carbocycles. The van der Waals surface area contributed by atoms with Gasteiger partial charge in [-0.25, -0.2) is 9.18 Å². The second kappa shape index (κ2) is 10.4. The van der Waals surface area contributed by atoms with Crippen LogP contribution in [0.5, 0.6) is 0 Å². The number of halogens is 1. The fraction of sp³-hybridized carbons (Fsp3) is 0.200. The average Bonchev–Trinajstić information content (AvgIpc) is 3.31. The van der Waals surface area contributed by atoms with Gasteiger partial charge in [-0.2, -0.15) is 0 Å². The molecule has 0 saturated heterocycles. The molecular formula is C25H24FN5O2S. The topological polar surface area (TPSA) is 96.0 Å². The Kier molecular flexibility index (Phi) is 7.12. The van der Waals surface area contributed by atoms with Crippen molar-refractivity contribution in [2.75, 3.05) is 10.6 Å². The van der Waals surface area contributed by atoms with Crippen molar-refractivity contribution in [3.8, 4) is 10.6 Å². The van der Waals surface area contributed by atoms with Crippen LogP contribution in [0.1, 0.15) is 20.3 Å². The van der Waals surface area contributed by atoms with Crippen molar-refractivity contribution in [3.05, 3.63) is 72.5 Å². The third-order valence-corrected chi connectivity index (χ3v) is 6.45. The predicted molar refractivity (Wildman–Crippen MR) is 133 cm³/mol. The van der Waals surface area contributed by atoms with E-state index < -0.39 is 12.1 Å². The average molecular weight is 478 g/mol. The molecule has 34 heavy (non-hydrogen) atoms. The van der Waals surface area contributed by atoms with E-state index in [1.165, 1.54) is 23.5 Å². The quantitative estimate of drug-likeness (QED) is 0.319. The van der Waals surface area contributed by atoms with Crippen LogP contribution >= 0.6 is 11.3 Å². The normalized spacial score (nSPS) is 12.7. The standard InChI is InChI=1S/C25H24FN5O2S/c1-3-15(2)21(28-24(33)27-20-10-6-8-16-7-4-5-9-19(16)20)22(32)29-25-31-30-23(34-25)17-11-13-18(26)14-12-17/h4-15,21H,3H2,1-2H3,(H2,27,28,33)(H,29,31,32). The molecule has 0 bridgehead atoms. The van der Waals surface area contributed by atoms with E-state index in [1.54, 1.807) is 12.1 Å². The van der Waals surface area contributed by atoms with Crippen molar-refractivity contribution in [2.45, 2.75) is 26.3 Å². The number of carbonyl (C=O) groups excluding carboxylic acids is 2. The van der Waals surface area contributed by atoms with Crippen LogP contribution < -0.4 is 16.0 Å². The van der Waals surface area contributed by atoms with Crippen molar-refractivity contribution in [1.82, 2.24) is 15.5 Å². The molecular weight excluding hydrogens is 453 g/mol. The summed E-state index contributed by atoms with van der Waals surface area (Å²) in [5.74, 6) is -0.849. The fourth-order valence-electron chi connectivity index (χ4n) is 3.50. The maximum atomic E-state index is 13.2. The molecule has 3 aromatic carbocycles. The Labute approximate surface area is 200 Å². The lowest BCUT2D eigenvalue weighted by molar-refractivity contribution is -0.119. The van der Waals surface area contributed by atoms with E-state index in [0.717, 1.165) is 10.8 Å². The molecule has 1 heterocycles. The maximum Gasteiger partial charge on any atom is 0.319 e. The number of benzene rings is 3. The highest BCUT2D eigenvalue weighted by Gasteiger charge is 2.27. The third kappa shape index (κ3) is 5.37. The molecule has 0 aliphatic rings. The lowest BCUT2D eigenvalue weighted by Gasteiger charge is -2.23. The lowest BCUT2D eigenvalue weighted by atomic mass is 9.98. The van der Waals surface area contributed by atoms with Crippen LogP contribution in [0.25, 0.3) is 21.3 Å². The predicted octanol–water partition coefficient (Wildman–Crippen LogP) is 5.67. The molecule has 2 unspecified atom stereocenters. The number of nitrogens with one attached hydrogen (secondary N) is 3. The summed E-state index contributed by atoms with van der Waals surface area (Å²) >= 11 is 1.17. The van der Waals surface area contributed by atoms with Crippen LogP contribution in [0, 0.1) is 11.7 Å². The summed E-state index contributed by atoms with van der Waals surface area (Å²) in [5, 5.41) is 19.3. The Morgan fingerprint density at radius 1 is 0.971 bits per heavy atom.